The first-order valence-corrected chi connectivity index (χ1v) is 15.6. The molecule has 2 N–H and O–H groups in total. The Bertz CT molecular complexity index is 1350. The van der Waals surface area contributed by atoms with Crippen LogP contribution in [0, 0.1) is 5.41 Å². The third-order valence-corrected chi connectivity index (χ3v) is 10.1. The molecule has 4 aliphatic heterocycles. The van der Waals surface area contributed by atoms with E-state index in [0.717, 1.165) is 82.6 Å². The summed E-state index contributed by atoms with van der Waals surface area (Å²) in [5, 5.41) is 0. The predicted octanol–water partition coefficient (Wildman–Crippen LogP) is 3.94. The molecule has 1 atom stereocenters. The van der Waals surface area contributed by atoms with Crippen molar-refractivity contribution in [2.24, 2.45) is 11.1 Å². The number of carbonyl (C=O) groups is 3. The van der Waals surface area contributed by atoms with Gasteiger partial charge in [-0.05, 0) is 88.1 Å². The van der Waals surface area contributed by atoms with Gasteiger partial charge in [-0.3, -0.25) is 19.3 Å². The Morgan fingerprint density at radius 1 is 0.905 bits per heavy atom. The van der Waals surface area contributed by atoms with Crippen LogP contribution in [0.2, 0.25) is 0 Å². The zero-order valence-corrected chi connectivity index (χ0v) is 25.1. The van der Waals surface area contributed by atoms with Gasteiger partial charge < -0.3 is 20.3 Å². The molecule has 0 radical (unpaired) electrons. The fourth-order valence-electron chi connectivity index (χ4n) is 7.59. The van der Waals surface area contributed by atoms with E-state index in [1.165, 1.54) is 11.1 Å². The van der Waals surface area contributed by atoms with E-state index in [1.54, 1.807) is 4.90 Å². The number of nitrogens with two attached hydrogens (primary N) is 1. The smallest absolute Gasteiger partial charge is 0.254 e. The molecule has 0 bridgehead atoms. The Hall–Kier alpha value is -3.39. The van der Waals surface area contributed by atoms with E-state index in [-0.39, 0.29) is 23.8 Å². The highest BCUT2D eigenvalue weighted by atomic mass is 16.5. The molecule has 8 nitrogen and oxygen atoms in total. The topological polar surface area (TPSA) is 96.2 Å². The fourth-order valence-corrected chi connectivity index (χ4v) is 7.59. The number of hydrogen-bond acceptors (Lipinski definition) is 5. The summed E-state index contributed by atoms with van der Waals surface area (Å²) in [6.07, 6.45) is 6.77. The first-order chi connectivity index (χ1) is 20.1. The number of benzene rings is 2. The van der Waals surface area contributed by atoms with Gasteiger partial charge in [0.2, 0.25) is 11.8 Å². The van der Waals surface area contributed by atoms with E-state index in [4.69, 9.17) is 10.5 Å². The lowest BCUT2D eigenvalue weighted by atomic mass is 9.71. The Labute approximate surface area is 249 Å². The number of primary amides is 1. The van der Waals surface area contributed by atoms with Crippen LogP contribution in [0.15, 0.2) is 42.5 Å². The number of nitrogens with zero attached hydrogens (tertiary/aromatic N) is 3. The molecule has 6 rings (SSSR count). The minimum Gasteiger partial charge on any atom is -0.487 e. The van der Waals surface area contributed by atoms with Crippen molar-refractivity contribution in [3.05, 3.63) is 64.7 Å². The maximum atomic E-state index is 13.7. The number of piperidine rings is 2. The van der Waals surface area contributed by atoms with Crippen LogP contribution in [-0.4, -0.2) is 76.8 Å². The molecule has 1 spiro atoms. The van der Waals surface area contributed by atoms with Gasteiger partial charge in [0, 0.05) is 43.7 Å². The molecule has 4 aliphatic rings. The van der Waals surface area contributed by atoms with Crippen molar-refractivity contribution in [3.8, 4) is 5.75 Å². The van der Waals surface area contributed by atoms with Crippen molar-refractivity contribution in [1.82, 2.24) is 14.7 Å². The minimum absolute atomic E-state index is 0.000540. The molecule has 42 heavy (non-hydrogen) atoms. The minimum atomic E-state index is -0.543. The molecule has 3 amide bonds. The van der Waals surface area contributed by atoms with Crippen LogP contribution in [0.5, 0.6) is 5.75 Å². The molecule has 3 fully saturated rings. The van der Waals surface area contributed by atoms with Gasteiger partial charge in [0.25, 0.3) is 5.91 Å². The quantitative estimate of drug-likeness (QED) is 0.566. The number of fused-ring (bicyclic) bond motifs is 1. The summed E-state index contributed by atoms with van der Waals surface area (Å²) in [4.78, 5) is 44.7. The standard InChI is InChI=1S/C34H44N4O4/c1-33(2)22-25-8-5-9-26(30(25)42-33)23-36-17-12-34(13-18-36)14-19-37(20-15-34)32(41)27-10-4-3-7-24(27)21-29(39)38-16-6-11-28(38)31(35)40/h3-5,7-10,28H,6,11-23H2,1-2H3,(H2,35,40)/t28-/m1/s1. The summed E-state index contributed by atoms with van der Waals surface area (Å²) in [5.74, 6) is 0.487. The van der Waals surface area contributed by atoms with Crippen LogP contribution >= 0.6 is 0 Å². The van der Waals surface area contributed by atoms with Crippen LogP contribution in [0.4, 0.5) is 0 Å². The number of amides is 3. The molecular formula is C34H44N4O4. The van der Waals surface area contributed by atoms with Crippen LogP contribution in [0.1, 0.15) is 79.4 Å². The first kappa shape index (κ1) is 28.7. The molecule has 3 saturated heterocycles. The van der Waals surface area contributed by atoms with E-state index in [0.29, 0.717) is 23.9 Å². The van der Waals surface area contributed by atoms with Crippen LogP contribution in [0.3, 0.4) is 0 Å². The number of carbonyl (C=O) groups excluding carboxylic acids is 3. The van der Waals surface area contributed by atoms with Crippen molar-refractivity contribution < 1.29 is 19.1 Å². The van der Waals surface area contributed by atoms with Gasteiger partial charge in [-0.1, -0.05) is 36.4 Å². The van der Waals surface area contributed by atoms with Gasteiger partial charge in [-0.15, -0.1) is 0 Å². The zero-order chi connectivity index (χ0) is 29.5. The Morgan fingerprint density at radius 2 is 1.60 bits per heavy atom. The van der Waals surface area contributed by atoms with E-state index in [9.17, 15) is 14.4 Å². The third-order valence-electron chi connectivity index (χ3n) is 10.1. The van der Waals surface area contributed by atoms with Crippen molar-refractivity contribution >= 4 is 17.7 Å². The SMILES string of the molecule is CC1(C)Cc2cccc(CN3CCC4(CC3)CCN(C(=O)c3ccccc3CC(=O)N3CCC[C@@H]3C(N)=O)CC4)c2O1. The second kappa shape index (κ2) is 11.4. The fraction of sp³-hybridized carbons (Fsp3) is 0.559. The molecule has 0 saturated carbocycles. The van der Waals surface area contributed by atoms with Crippen molar-refractivity contribution in [2.45, 2.75) is 83.4 Å². The summed E-state index contributed by atoms with van der Waals surface area (Å²) in [6, 6.07) is 13.4. The summed E-state index contributed by atoms with van der Waals surface area (Å²) in [7, 11) is 0. The van der Waals surface area contributed by atoms with Gasteiger partial charge in [-0.25, -0.2) is 0 Å². The largest absolute Gasteiger partial charge is 0.487 e. The van der Waals surface area contributed by atoms with E-state index in [1.807, 2.05) is 29.2 Å². The third kappa shape index (κ3) is 5.78. The molecule has 0 unspecified atom stereocenters. The van der Waals surface area contributed by atoms with Crippen LogP contribution < -0.4 is 10.5 Å². The predicted molar refractivity (Wildman–Crippen MR) is 161 cm³/mol. The van der Waals surface area contributed by atoms with Crippen molar-refractivity contribution in [1.29, 1.82) is 0 Å². The highest BCUT2D eigenvalue weighted by Crippen LogP contribution is 2.43. The highest BCUT2D eigenvalue weighted by molar-refractivity contribution is 5.97. The van der Waals surface area contributed by atoms with Crippen LogP contribution in [-0.2, 0) is 29.0 Å². The maximum Gasteiger partial charge on any atom is 0.254 e. The Kier molecular flexibility index (Phi) is 7.77. The van der Waals surface area contributed by atoms with Crippen molar-refractivity contribution in [3.63, 3.8) is 0 Å². The van der Waals surface area contributed by atoms with E-state index in [2.05, 4.69) is 36.9 Å². The average molecular weight is 573 g/mol. The molecule has 2 aromatic carbocycles. The first-order valence-electron chi connectivity index (χ1n) is 15.6. The monoisotopic (exact) mass is 572 g/mol. The lowest BCUT2D eigenvalue weighted by Gasteiger charge is -2.47. The van der Waals surface area contributed by atoms with Gasteiger partial charge in [-0.2, -0.15) is 0 Å². The number of rotatable bonds is 6. The van der Waals surface area contributed by atoms with E-state index >= 15 is 0 Å². The number of para-hydroxylation sites is 1. The molecule has 224 valence electrons. The zero-order valence-electron chi connectivity index (χ0n) is 25.1. The maximum absolute atomic E-state index is 13.7. The molecular weight excluding hydrogens is 528 g/mol. The molecule has 0 aromatic heterocycles. The number of hydrogen-bond donors (Lipinski definition) is 1. The summed E-state index contributed by atoms with van der Waals surface area (Å²) < 4.78 is 6.31. The van der Waals surface area contributed by atoms with Crippen LogP contribution in [0.25, 0.3) is 0 Å². The Balaban J connectivity index is 1.04. The number of likely N-dealkylation sites (tertiary alicyclic amines) is 3. The van der Waals surface area contributed by atoms with E-state index < -0.39 is 11.9 Å². The normalized spacial score (nSPS) is 23.0. The summed E-state index contributed by atoms with van der Waals surface area (Å²) >= 11 is 0. The van der Waals surface area contributed by atoms with Gasteiger partial charge in [0.05, 0.1) is 6.42 Å². The van der Waals surface area contributed by atoms with Crippen molar-refractivity contribution in [2.75, 3.05) is 32.7 Å². The highest BCUT2D eigenvalue weighted by Gasteiger charge is 2.40. The summed E-state index contributed by atoms with van der Waals surface area (Å²) in [6.45, 7) is 9.39. The Morgan fingerprint density at radius 3 is 2.33 bits per heavy atom. The van der Waals surface area contributed by atoms with Gasteiger partial charge in [0.1, 0.15) is 17.4 Å². The second-order valence-electron chi connectivity index (χ2n) is 13.5. The average Bonchev–Trinajstić information content (AvgIpc) is 3.59. The second-order valence-corrected chi connectivity index (χ2v) is 13.5. The summed E-state index contributed by atoms with van der Waals surface area (Å²) in [5.41, 5.74) is 9.60. The lowest BCUT2D eigenvalue weighted by Crippen LogP contribution is -2.48. The lowest BCUT2D eigenvalue weighted by molar-refractivity contribution is -0.136. The molecule has 0 aliphatic carbocycles. The molecule has 4 heterocycles. The number of ether oxygens (including phenoxy) is 1. The molecule has 8 heteroatoms. The van der Waals surface area contributed by atoms with Gasteiger partial charge in [0.15, 0.2) is 0 Å². The molecule has 2 aromatic rings. The van der Waals surface area contributed by atoms with Gasteiger partial charge >= 0.3 is 0 Å².